The van der Waals surface area contributed by atoms with Crippen molar-refractivity contribution in [1.82, 2.24) is 0 Å². The Morgan fingerprint density at radius 1 is 1.16 bits per heavy atom. The zero-order valence-corrected chi connectivity index (χ0v) is 12.7. The number of hydrogen-bond donors (Lipinski definition) is 2. The molecule has 0 saturated heterocycles. The van der Waals surface area contributed by atoms with E-state index < -0.39 is 0 Å². The van der Waals surface area contributed by atoms with Gasteiger partial charge in [0.05, 0.1) is 6.61 Å². The fraction of sp³-hybridized carbons (Fsp3) is 0.625. The molecular weight excluding hydrogens is 236 g/mol. The summed E-state index contributed by atoms with van der Waals surface area (Å²) in [5.74, 6) is 1.87. The second-order valence-electron chi connectivity index (χ2n) is 5.42. The second kappa shape index (κ2) is 7.51. The highest BCUT2D eigenvalue weighted by atomic mass is 16.5. The lowest BCUT2D eigenvalue weighted by Gasteiger charge is -2.23. The first kappa shape index (κ1) is 16.0. The van der Waals surface area contributed by atoms with Crippen LogP contribution in [-0.4, -0.2) is 19.7 Å². The van der Waals surface area contributed by atoms with Crippen LogP contribution in [0.3, 0.4) is 0 Å². The summed E-state index contributed by atoms with van der Waals surface area (Å²) in [5, 5.41) is 0. The van der Waals surface area contributed by atoms with Crippen molar-refractivity contribution in [3.05, 3.63) is 28.8 Å². The van der Waals surface area contributed by atoms with Gasteiger partial charge in [-0.05, 0) is 63.2 Å². The van der Waals surface area contributed by atoms with Gasteiger partial charge >= 0.3 is 0 Å². The molecule has 0 heterocycles. The van der Waals surface area contributed by atoms with Crippen molar-refractivity contribution in [3.63, 3.8) is 0 Å². The average molecular weight is 264 g/mol. The molecule has 1 atom stereocenters. The third kappa shape index (κ3) is 4.22. The maximum Gasteiger partial charge on any atom is 0.125 e. The maximum absolute atomic E-state index is 5.81. The lowest BCUT2D eigenvalue weighted by atomic mass is 9.87. The van der Waals surface area contributed by atoms with Crippen molar-refractivity contribution in [3.8, 4) is 5.75 Å². The summed E-state index contributed by atoms with van der Waals surface area (Å²) >= 11 is 0. The van der Waals surface area contributed by atoms with E-state index in [-0.39, 0.29) is 0 Å². The first-order valence-electron chi connectivity index (χ1n) is 7.16. The van der Waals surface area contributed by atoms with E-state index in [9.17, 15) is 0 Å². The van der Waals surface area contributed by atoms with E-state index in [4.69, 9.17) is 16.2 Å². The number of rotatable bonds is 7. The fourth-order valence-electron chi connectivity index (χ4n) is 2.62. The van der Waals surface area contributed by atoms with Crippen LogP contribution in [0.2, 0.25) is 0 Å². The van der Waals surface area contributed by atoms with Crippen LogP contribution < -0.4 is 16.2 Å². The highest BCUT2D eigenvalue weighted by Crippen LogP contribution is 2.29. The molecule has 0 fully saturated rings. The summed E-state index contributed by atoms with van der Waals surface area (Å²) in [5.41, 5.74) is 15.3. The summed E-state index contributed by atoms with van der Waals surface area (Å²) < 4.78 is 5.81. The molecule has 0 bridgehead atoms. The molecule has 1 aromatic carbocycles. The molecule has 3 nitrogen and oxygen atoms in total. The van der Waals surface area contributed by atoms with Crippen LogP contribution >= 0.6 is 0 Å². The van der Waals surface area contributed by atoms with E-state index >= 15 is 0 Å². The fourth-order valence-corrected chi connectivity index (χ4v) is 2.62. The summed E-state index contributed by atoms with van der Waals surface area (Å²) in [6.07, 6.45) is 0.969. The summed E-state index contributed by atoms with van der Waals surface area (Å²) in [6.45, 7) is 10.5. The number of ether oxygens (including phenoxy) is 1. The number of hydrogen-bond acceptors (Lipinski definition) is 3. The molecular formula is C16H28N2O. The van der Waals surface area contributed by atoms with Crippen molar-refractivity contribution in [2.75, 3.05) is 19.7 Å². The molecule has 0 aliphatic heterocycles. The van der Waals surface area contributed by atoms with Gasteiger partial charge in [0.15, 0.2) is 0 Å². The molecule has 0 amide bonds. The van der Waals surface area contributed by atoms with Crippen molar-refractivity contribution < 1.29 is 4.74 Å². The molecule has 1 rings (SSSR count). The molecule has 0 saturated carbocycles. The highest BCUT2D eigenvalue weighted by Gasteiger charge is 2.18. The number of nitrogens with two attached hydrogens (primary N) is 2. The highest BCUT2D eigenvalue weighted by molar-refractivity contribution is 5.44. The topological polar surface area (TPSA) is 61.3 Å². The standard InChI is InChI=1S/C16H28N2O/c1-5-19-16-13(4)6-11(2)7-14(16)8-12(3)15(9-17)10-18/h6-7,12,15H,5,8-10,17-18H2,1-4H3. The van der Waals surface area contributed by atoms with Crippen molar-refractivity contribution in [2.45, 2.75) is 34.1 Å². The molecule has 108 valence electrons. The molecule has 0 aromatic heterocycles. The monoisotopic (exact) mass is 264 g/mol. The minimum absolute atomic E-state index is 0.371. The third-order valence-electron chi connectivity index (χ3n) is 3.74. The van der Waals surface area contributed by atoms with Gasteiger partial charge in [-0.1, -0.05) is 24.6 Å². The van der Waals surface area contributed by atoms with E-state index in [1.807, 2.05) is 6.92 Å². The second-order valence-corrected chi connectivity index (χ2v) is 5.42. The zero-order chi connectivity index (χ0) is 14.4. The maximum atomic E-state index is 5.81. The van der Waals surface area contributed by atoms with Crippen LogP contribution in [0, 0.1) is 25.7 Å². The Bertz CT molecular complexity index is 400. The molecule has 0 radical (unpaired) electrons. The molecule has 19 heavy (non-hydrogen) atoms. The van der Waals surface area contributed by atoms with E-state index in [2.05, 4.69) is 32.9 Å². The van der Waals surface area contributed by atoms with Crippen LogP contribution in [0.15, 0.2) is 12.1 Å². The number of benzene rings is 1. The van der Waals surface area contributed by atoms with Gasteiger partial charge < -0.3 is 16.2 Å². The zero-order valence-electron chi connectivity index (χ0n) is 12.7. The van der Waals surface area contributed by atoms with Crippen LogP contribution in [0.4, 0.5) is 0 Å². The Kier molecular flexibility index (Phi) is 6.32. The average Bonchev–Trinajstić information content (AvgIpc) is 2.35. The number of aryl methyl sites for hydroxylation is 2. The van der Waals surface area contributed by atoms with Crippen molar-refractivity contribution in [2.24, 2.45) is 23.3 Å². The van der Waals surface area contributed by atoms with Crippen molar-refractivity contribution in [1.29, 1.82) is 0 Å². The van der Waals surface area contributed by atoms with Gasteiger partial charge in [-0.3, -0.25) is 0 Å². The largest absolute Gasteiger partial charge is 0.493 e. The molecule has 4 N–H and O–H groups in total. The Hall–Kier alpha value is -1.06. The van der Waals surface area contributed by atoms with Crippen LogP contribution in [0.25, 0.3) is 0 Å². The van der Waals surface area contributed by atoms with Gasteiger partial charge in [-0.25, -0.2) is 0 Å². The minimum Gasteiger partial charge on any atom is -0.493 e. The van der Waals surface area contributed by atoms with Crippen LogP contribution in [-0.2, 0) is 6.42 Å². The molecule has 3 heteroatoms. The molecule has 0 spiro atoms. The lowest BCUT2D eigenvalue weighted by Crippen LogP contribution is -2.30. The Morgan fingerprint density at radius 3 is 2.32 bits per heavy atom. The first-order chi connectivity index (χ1) is 9.03. The smallest absolute Gasteiger partial charge is 0.125 e. The predicted molar refractivity (Wildman–Crippen MR) is 81.6 cm³/mol. The van der Waals surface area contributed by atoms with Gasteiger partial charge in [0.2, 0.25) is 0 Å². The summed E-state index contributed by atoms with van der Waals surface area (Å²) in [4.78, 5) is 0. The SMILES string of the molecule is CCOc1c(C)cc(C)cc1CC(C)C(CN)CN. The van der Waals surface area contributed by atoms with E-state index in [0.717, 1.165) is 12.2 Å². The Morgan fingerprint density at radius 2 is 1.79 bits per heavy atom. The molecule has 0 aliphatic rings. The Labute approximate surface area is 117 Å². The van der Waals surface area contributed by atoms with Crippen molar-refractivity contribution >= 4 is 0 Å². The van der Waals surface area contributed by atoms with Crippen LogP contribution in [0.5, 0.6) is 5.75 Å². The van der Waals surface area contributed by atoms with Gasteiger partial charge in [-0.2, -0.15) is 0 Å². The Balaban J connectivity index is 2.98. The molecule has 1 unspecified atom stereocenters. The molecule has 0 aliphatic carbocycles. The molecule has 1 aromatic rings. The summed E-state index contributed by atoms with van der Waals surface area (Å²) in [7, 11) is 0. The van der Waals surface area contributed by atoms with Gasteiger partial charge in [0.1, 0.15) is 5.75 Å². The normalized spacial score (nSPS) is 12.8. The quantitative estimate of drug-likeness (QED) is 0.795. The van der Waals surface area contributed by atoms with Crippen LogP contribution in [0.1, 0.15) is 30.5 Å². The summed E-state index contributed by atoms with van der Waals surface area (Å²) in [6, 6.07) is 4.39. The van der Waals surface area contributed by atoms with Gasteiger partial charge in [0, 0.05) is 0 Å². The van der Waals surface area contributed by atoms with Gasteiger partial charge in [-0.15, -0.1) is 0 Å². The van der Waals surface area contributed by atoms with E-state index in [0.29, 0.717) is 31.5 Å². The lowest BCUT2D eigenvalue weighted by molar-refractivity contribution is 0.324. The third-order valence-corrected chi connectivity index (χ3v) is 3.74. The minimum atomic E-state index is 0.371. The van der Waals surface area contributed by atoms with E-state index in [1.54, 1.807) is 0 Å². The van der Waals surface area contributed by atoms with Gasteiger partial charge in [0.25, 0.3) is 0 Å². The van der Waals surface area contributed by atoms with E-state index in [1.165, 1.54) is 16.7 Å². The first-order valence-corrected chi connectivity index (χ1v) is 7.16. The predicted octanol–water partition coefficient (Wildman–Crippen LogP) is 2.41.